The smallest absolute Gasteiger partial charge is 0.109 e. The summed E-state index contributed by atoms with van der Waals surface area (Å²) in [7, 11) is 0. The maximum Gasteiger partial charge on any atom is 0.109 e. The van der Waals surface area contributed by atoms with Crippen molar-refractivity contribution in [2.75, 3.05) is 6.67 Å². The Morgan fingerprint density at radius 1 is 1.58 bits per heavy atom. The Labute approximate surface area is 83.8 Å². The van der Waals surface area contributed by atoms with Crippen LogP contribution in [-0.2, 0) is 0 Å². The van der Waals surface area contributed by atoms with Crippen molar-refractivity contribution in [3.63, 3.8) is 0 Å². The van der Waals surface area contributed by atoms with E-state index in [2.05, 4.69) is 15.9 Å². The third kappa shape index (κ3) is 2.19. The van der Waals surface area contributed by atoms with Gasteiger partial charge in [0.15, 0.2) is 0 Å². The van der Waals surface area contributed by atoms with Crippen LogP contribution in [0.1, 0.15) is 11.6 Å². The topological polar surface area (TPSA) is 26.0 Å². The highest BCUT2D eigenvalue weighted by Gasteiger charge is 2.08. The molecule has 0 aromatic heterocycles. The molecule has 0 aliphatic rings. The van der Waals surface area contributed by atoms with Gasteiger partial charge in [0, 0.05) is 9.50 Å². The molecule has 12 heavy (non-hydrogen) atoms. The van der Waals surface area contributed by atoms with Crippen LogP contribution in [-0.4, -0.2) is 6.67 Å². The van der Waals surface area contributed by atoms with Crippen LogP contribution in [0.25, 0.3) is 0 Å². The molecule has 1 atom stereocenters. The molecule has 0 amide bonds. The SMILES string of the molecule is NC(CF)c1ccc(Cl)cc1Br. The molecule has 0 saturated heterocycles. The fourth-order valence-electron chi connectivity index (χ4n) is 0.885. The molecule has 0 aliphatic heterocycles. The Bertz CT molecular complexity index is 280. The van der Waals surface area contributed by atoms with E-state index in [-0.39, 0.29) is 0 Å². The van der Waals surface area contributed by atoms with Crippen molar-refractivity contribution in [1.82, 2.24) is 0 Å². The van der Waals surface area contributed by atoms with E-state index >= 15 is 0 Å². The molecule has 0 saturated carbocycles. The first-order valence-electron chi connectivity index (χ1n) is 3.41. The Kier molecular flexibility index (Phi) is 3.50. The first-order chi connectivity index (χ1) is 5.65. The largest absolute Gasteiger partial charge is 0.322 e. The molecular formula is C8H8BrClFN. The van der Waals surface area contributed by atoms with E-state index < -0.39 is 12.7 Å². The summed E-state index contributed by atoms with van der Waals surface area (Å²) in [5.74, 6) is 0. The van der Waals surface area contributed by atoms with E-state index in [1.54, 1.807) is 18.2 Å². The molecule has 0 radical (unpaired) electrons. The zero-order valence-electron chi connectivity index (χ0n) is 6.23. The fourth-order valence-corrected chi connectivity index (χ4v) is 1.86. The summed E-state index contributed by atoms with van der Waals surface area (Å²) < 4.78 is 12.9. The number of benzene rings is 1. The zero-order valence-corrected chi connectivity index (χ0v) is 8.57. The maximum atomic E-state index is 12.2. The predicted molar refractivity (Wildman–Crippen MR) is 52.1 cm³/mol. The molecule has 2 N–H and O–H groups in total. The van der Waals surface area contributed by atoms with Crippen molar-refractivity contribution in [2.45, 2.75) is 6.04 Å². The maximum absolute atomic E-state index is 12.2. The van der Waals surface area contributed by atoms with Crippen molar-refractivity contribution < 1.29 is 4.39 Å². The third-order valence-corrected chi connectivity index (χ3v) is 2.45. The van der Waals surface area contributed by atoms with E-state index in [1.165, 1.54) is 0 Å². The minimum atomic E-state index is -0.573. The van der Waals surface area contributed by atoms with Crippen LogP contribution in [0.3, 0.4) is 0 Å². The highest BCUT2D eigenvalue weighted by Crippen LogP contribution is 2.25. The van der Waals surface area contributed by atoms with Crippen LogP contribution in [0.2, 0.25) is 5.02 Å². The minimum Gasteiger partial charge on any atom is -0.322 e. The Hall–Kier alpha value is -0.120. The first kappa shape index (κ1) is 9.96. The Morgan fingerprint density at radius 3 is 2.75 bits per heavy atom. The second-order valence-corrected chi connectivity index (χ2v) is 3.72. The molecule has 0 fully saturated rings. The molecule has 1 aromatic rings. The van der Waals surface area contributed by atoms with Crippen LogP contribution in [0.5, 0.6) is 0 Å². The van der Waals surface area contributed by atoms with Crippen molar-refractivity contribution >= 4 is 27.5 Å². The van der Waals surface area contributed by atoms with Gasteiger partial charge in [-0.2, -0.15) is 0 Å². The lowest BCUT2D eigenvalue weighted by atomic mass is 10.1. The van der Waals surface area contributed by atoms with Crippen LogP contribution >= 0.6 is 27.5 Å². The number of alkyl halides is 1. The molecule has 66 valence electrons. The normalized spacial score (nSPS) is 13.0. The van der Waals surface area contributed by atoms with Gasteiger partial charge in [-0.3, -0.25) is 0 Å². The molecule has 0 aliphatic carbocycles. The molecule has 1 aromatic carbocycles. The number of hydrogen-bond donors (Lipinski definition) is 1. The lowest BCUT2D eigenvalue weighted by Crippen LogP contribution is -2.12. The van der Waals surface area contributed by atoms with Crippen LogP contribution in [0, 0.1) is 0 Å². The zero-order chi connectivity index (χ0) is 9.14. The summed E-state index contributed by atoms with van der Waals surface area (Å²) in [6, 6.07) is 4.54. The second kappa shape index (κ2) is 4.21. The summed E-state index contributed by atoms with van der Waals surface area (Å²) in [5.41, 5.74) is 6.23. The van der Waals surface area contributed by atoms with E-state index in [1.807, 2.05) is 0 Å². The van der Waals surface area contributed by atoms with E-state index in [0.29, 0.717) is 5.02 Å². The van der Waals surface area contributed by atoms with Gasteiger partial charge in [0.1, 0.15) is 6.67 Å². The molecule has 0 heterocycles. The average molecular weight is 253 g/mol. The highest BCUT2D eigenvalue weighted by atomic mass is 79.9. The molecule has 4 heteroatoms. The highest BCUT2D eigenvalue weighted by molar-refractivity contribution is 9.10. The van der Waals surface area contributed by atoms with Gasteiger partial charge in [0.2, 0.25) is 0 Å². The monoisotopic (exact) mass is 251 g/mol. The second-order valence-electron chi connectivity index (χ2n) is 2.43. The van der Waals surface area contributed by atoms with Crippen molar-refractivity contribution in [3.8, 4) is 0 Å². The first-order valence-corrected chi connectivity index (χ1v) is 4.58. The quantitative estimate of drug-likeness (QED) is 0.860. The minimum absolute atomic E-state index is 0.569. The Balaban J connectivity index is 3.01. The predicted octanol–water partition coefficient (Wildman–Crippen LogP) is 3.07. The lowest BCUT2D eigenvalue weighted by Gasteiger charge is -2.09. The fraction of sp³-hybridized carbons (Fsp3) is 0.250. The van der Waals surface area contributed by atoms with Crippen molar-refractivity contribution in [2.24, 2.45) is 5.73 Å². The summed E-state index contributed by atoms with van der Waals surface area (Å²) in [5, 5.41) is 0.608. The van der Waals surface area contributed by atoms with Crippen LogP contribution in [0.4, 0.5) is 4.39 Å². The average Bonchev–Trinajstić information content (AvgIpc) is 2.03. The Morgan fingerprint density at radius 2 is 2.25 bits per heavy atom. The van der Waals surface area contributed by atoms with Gasteiger partial charge < -0.3 is 5.73 Å². The standard InChI is InChI=1S/C8H8BrClFN/c9-7-3-5(10)1-2-6(7)8(12)4-11/h1-3,8H,4,12H2. The number of halogens is 3. The molecule has 1 unspecified atom stereocenters. The van der Waals surface area contributed by atoms with Crippen LogP contribution < -0.4 is 5.73 Å². The summed E-state index contributed by atoms with van der Waals surface area (Å²) in [4.78, 5) is 0. The number of nitrogens with two attached hydrogens (primary N) is 1. The molecule has 0 bridgehead atoms. The van der Waals surface area contributed by atoms with Gasteiger partial charge in [-0.05, 0) is 17.7 Å². The van der Waals surface area contributed by atoms with E-state index in [4.69, 9.17) is 17.3 Å². The molecule has 1 nitrogen and oxygen atoms in total. The molecule has 0 spiro atoms. The van der Waals surface area contributed by atoms with Gasteiger partial charge in [0.25, 0.3) is 0 Å². The van der Waals surface area contributed by atoms with Crippen molar-refractivity contribution in [3.05, 3.63) is 33.3 Å². The number of hydrogen-bond acceptors (Lipinski definition) is 1. The molecular weight excluding hydrogens is 244 g/mol. The summed E-state index contributed by atoms with van der Waals surface area (Å²) >= 11 is 8.96. The van der Waals surface area contributed by atoms with Gasteiger partial charge in [-0.1, -0.05) is 33.6 Å². The lowest BCUT2D eigenvalue weighted by molar-refractivity contribution is 0.436. The number of rotatable bonds is 2. The van der Waals surface area contributed by atoms with E-state index in [9.17, 15) is 4.39 Å². The summed E-state index contributed by atoms with van der Waals surface area (Å²) in [6.07, 6.45) is 0. The van der Waals surface area contributed by atoms with Crippen molar-refractivity contribution in [1.29, 1.82) is 0 Å². The van der Waals surface area contributed by atoms with Gasteiger partial charge in [0.05, 0.1) is 6.04 Å². The summed E-state index contributed by atoms with van der Waals surface area (Å²) in [6.45, 7) is -0.569. The third-order valence-electron chi connectivity index (χ3n) is 1.53. The van der Waals surface area contributed by atoms with Gasteiger partial charge >= 0.3 is 0 Å². The van der Waals surface area contributed by atoms with Crippen LogP contribution in [0.15, 0.2) is 22.7 Å². The molecule has 1 rings (SSSR count). The van der Waals surface area contributed by atoms with Gasteiger partial charge in [-0.25, -0.2) is 4.39 Å². The van der Waals surface area contributed by atoms with Gasteiger partial charge in [-0.15, -0.1) is 0 Å². The van der Waals surface area contributed by atoms with E-state index in [0.717, 1.165) is 10.0 Å².